The van der Waals surface area contributed by atoms with Crippen molar-refractivity contribution in [3.8, 4) is 0 Å². The van der Waals surface area contributed by atoms with Gasteiger partial charge in [0.1, 0.15) is 0 Å². The molecular weight excluding hydrogens is 224 g/mol. The molecule has 3 nitrogen and oxygen atoms in total. The Labute approximate surface area is 110 Å². The van der Waals surface area contributed by atoms with E-state index >= 15 is 0 Å². The molecule has 102 valence electrons. The second-order valence-corrected chi connectivity index (χ2v) is 6.81. The minimum atomic E-state index is 0.342. The quantitative estimate of drug-likeness (QED) is 0.805. The average Bonchev–Trinajstić information content (AvgIpc) is 3.00. The van der Waals surface area contributed by atoms with Crippen LogP contribution in [0.3, 0.4) is 0 Å². The maximum atomic E-state index is 12.2. The molecular formula is C15H26N2O. The van der Waals surface area contributed by atoms with Gasteiger partial charge in [0.25, 0.3) is 0 Å². The number of carbonyl (C=O) groups excluding carboxylic acids is 1. The lowest BCUT2D eigenvalue weighted by atomic mass is 9.85. The Morgan fingerprint density at radius 2 is 1.83 bits per heavy atom. The van der Waals surface area contributed by atoms with Crippen molar-refractivity contribution in [1.82, 2.24) is 5.32 Å². The lowest BCUT2D eigenvalue weighted by Gasteiger charge is -2.27. The Morgan fingerprint density at radius 1 is 1.06 bits per heavy atom. The van der Waals surface area contributed by atoms with Crippen molar-refractivity contribution in [1.29, 1.82) is 0 Å². The molecule has 0 aliphatic heterocycles. The minimum absolute atomic E-state index is 0.342. The normalized spacial score (nSPS) is 43.1. The van der Waals surface area contributed by atoms with E-state index in [9.17, 15) is 4.79 Å². The van der Waals surface area contributed by atoms with Gasteiger partial charge in [0.15, 0.2) is 0 Å². The molecule has 3 aliphatic rings. The third-order valence-electron chi connectivity index (χ3n) is 5.53. The van der Waals surface area contributed by atoms with Crippen LogP contribution in [-0.2, 0) is 4.79 Å². The first kappa shape index (κ1) is 12.5. The summed E-state index contributed by atoms with van der Waals surface area (Å²) in [5.41, 5.74) is 5.91. The van der Waals surface area contributed by atoms with Crippen molar-refractivity contribution in [2.45, 2.75) is 57.4 Å². The summed E-state index contributed by atoms with van der Waals surface area (Å²) < 4.78 is 0. The van der Waals surface area contributed by atoms with Gasteiger partial charge < -0.3 is 11.1 Å². The molecule has 0 aromatic carbocycles. The van der Waals surface area contributed by atoms with E-state index in [-0.39, 0.29) is 0 Å². The predicted molar refractivity (Wildman–Crippen MR) is 71.9 cm³/mol. The van der Waals surface area contributed by atoms with Crippen LogP contribution in [0.15, 0.2) is 0 Å². The van der Waals surface area contributed by atoms with Gasteiger partial charge >= 0.3 is 0 Å². The number of amides is 1. The highest BCUT2D eigenvalue weighted by molar-refractivity contribution is 5.79. The Balaban J connectivity index is 1.42. The topological polar surface area (TPSA) is 55.1 Å². The molecule has 3 heteroatoms. The van der Waals surface area contributed by atoms with Crippen molar-refractivity contribution >= 4 is 5.91 Å². The average molecular weight is 250 g/mol. The molecule has 0 heterocycles. The Hall–Kier alpha value is -0.570. The molecule has 0 aromatic rings. The Bertz CT molecular complexity index is 310. The highest BCUT2D eigenvalue weighted by Gasteiger charge is 2.42. The smallest absolute Gasteiger partial charge is 0.223 e. The van der Waals surface area contributed by atoms with Crippen LogP contribution in [0.4, 0.5) is 0 Å². The monoisotopic (exact) mass is 250 g/mol. The van der Waals surface area contributed by atoms with E-state index in [0.29, 0.717) is 29.7 Å². The minimum Gasteiger partial charge on any atom is -0.356 e. The van der Waals surface area contributed by atoms with E-state index in [0.717, 1.165) is 31.7 Å². The van der Waals surface area contributed by atoms with Crippen molar-refractivity contribution in [3.63, 3.8) is 0 Å². The summed E-state index contributed by atoms with van der Waals surface area (Å²) in [5.74, 6) is 2.92. The van der Waals surface area contributed by atoms with Crippen LogP contribution in [0.2, 0.25) is 0 Å². The SMILES string of the molecule is NC1CCC(CNC(=O)C2CC3CCC2C3)CC1. The highest BCUT2D eigenvalue weighted by atomic mass is 16.1. The second-order valence-electron chi connectivity index (χ2n) is 6.81. The first-order valence-electron chi connectivity index (χ1n) is 7.75. The predicted octanol–water partition coefficient (Wildman–Crippen LogP) is 2.06. The summed E-state index contributed by atoms with van der Waals surface area (Å²) in [4.78, 5) is 12.2. The fourth-order valence-electron chi connectivity index (χ4n) is 4.33. The van der Waals surface area contributed by atoms with Crippen LogP contribution in [0.25, 0.3) is 0 Å². The van der Waals surface area contributed by atoms with Crippen LogP contribution in [0.5, 0.6) is 0 Å². The summed E-state index contributed by atoms with van der Waals surface area (Å²) in [6.45, 7) is 0.888. The number of fused-ring (bicyclic) bond motifs is 2. The molecule has 2 bridgehead atoms. The molecule has 1 amide bonds. The molecule has 3 N–H and O–H groups in total. The zero-order valence-corrected chi connectivity index (χ0v) is 11.2. The molecule has 0 saturated heterocycles. The van der Waals surface area contributed by atoms with Crippen molar-refractivity contribution in [2.24, 2.45) is 29.4 Å². The second kappa shape index (κ2) is 5.20. The van der Waals surface area contributed by atoms with E-state index in [1.165, 1.54) is 32.1 Å². The van der Waals surface area contributed by atoms with Crippen molar-refractivity contribution in [2.75, 3.05) is 6.54 Å². The summed E-state index contributed by atoms with van der Waals surface area (Å²) in [7, 11) is 0. The van der Waals surface area contributed by atoms with Gasteiger partial charge in [-0.1, -0.05) is 6.42 Å². The highest BCUT2D eigenvalue weighted by Crippen LogP contribution is 2.48. The Morgan fingerprint density at radius 3 is 2.44 bits per heavy atom. The summed E-state index contributed by atoms with van der Waals surface area (Å²) >= 11 is 0. The molecule has 3 atom stereocenters. The first-order valence-corrected chi connectivity index (χ1v) is 7.75. The van der Waals surface area contributed by atoms with Crippen LogP contribution in [0, 0.1) is 23.7 Å². The van der Waals surface area contributed by atoms with Gasteiger partial charge in [-0.05, 0) is 62.7 Å². The number of nitrogens with one attached hydrogen (secondary N) is 1. The number of nitrogens with two attached hydrogens (primary N) is 1. The van der Waals surface area contributed by atoms with E-state index in [4.69, 9.17) is 5.73 Å². The Kier molecular flexibility index (Phi) is 3.60. The van der Waals surface area contributed by atoms with Gasteiger partial charge in [-0.15, -0.1) is 0 Å². The number of rotatable bonds is 3. The van der Waals surface area contributed by atoms with Crippen molar-refractivity contribution in [3.05, 3.63) is 0 Å². The zero-order valence-electron chi connectivity index (χ0n) is 11.2. The van der Waals surface area contributed by atoms with Gasteiger partial charge in [0.2, 0.25) is 5.91 Å². The summed E-state index contributed by atoms with van der Waals surface area (Å²) in [6.07, 6.45) is 9.79. The lowest BCUT2D eigenvalue weighted by molar-refractivity contribution is -0.126. The zero-order chi connectivity index (χ0) is 12.5. The number of hydrogen-bond acceptors (Lipinski definition) is 2. The fourth-order valence-corrected chi connectivity index (χ4v) is 4.33. The first-order chi connectivity index (χ1) is 8.72. The molecule has 0 spiro atoms. The van der Waals surface area contributed by atoms with Crippen molar-refractivity contribution < 1.29 is 4.79 Å². The van der Waals surface area contributed by atoms with E-state index < -0.39 is 0 Å². The maximum absolute atomic E-state index is 12.2. The molecule has 18 heavy (non-hydrogen) atoms. The van der Waals surface area contributed by atoms with Gasteiger partial charge in [-0.3, -0.25) is 4.79 Å². The van der Waals surface area contributed by atoms with Crippen LogP contribution in [-0.4, -0.2) is 18.5 Å². The third-order valence-corrected chi connectivity index (χ3v) is 5.53. The van der Waals surface area contributed by atoms with E-state index in [2.05, 4.69) is 5.32 Å². The number of hydrogen-bond donors (Lipinski definition) is 2. The van der Waals surface area contributed by atoms with Crippen LogP contribution in [0.1, 0.15) is 51.4 Å². The van der Waals surface area contributed by atoms with Crippen LogP contribution >= 0.6 is 0 Å². The van der Waals surface area contributed by atoms with Gasteiger partial charge in [-0.25, -0.2) is 0 Å². The summed E-state index contributed by atoms with van der Waals surface area (Å²) in [6, 6.07) is 0.405. The largest absolute Gasteiger partial charge is 0.356 e. The molecule has 3 fully saturated rings. The molecule has 0 radical (unpaired) electrons. The van der Waals surface area contributed by atoms with Gasteiger partial charge in [0, 0.05) is 18.5 Å². The molecule has 3 unspecified atom stereocenters. The molecule has 0 aromatic heterocycles. The molecule has 3 saturated carbocycles. The standard InChI is InChI=1S/C15H26N2O/c16-13-5-2-10(3-6-13)9-17-15(18)14-8-11-1-4-12(14)7-11/h10-14H,1-9,16H2,(H,17,18). The van der Waals surface area contributed by atoms with Gasteiger partial charge in [0.05, 0.1) is 0 Å². The third kappa shape index (κ3) is 2.56. The lowest BCUT2D eigenvalue weighted by Crippen LogP contribution is -2.38. The fraction of sp³-hybridized carbons (Fsp3) is 0.933. The molecule has 3 aliphatic carbocycles. The summed E-state index contributed by atoms with van der Waals surface area (Å²) in [5, 5.41) is 3.21. The maximum Gasteiger partial charge on any atom is 0.223 e. The number of carbonyl (C=O) groups is 1. The van der Waals surface area contributed by atoms with E-state index in [1.54, 1.807) is 0 Å². The molecule has 3 rings (SSSR count). The van der Waals surface area contributed by atoms with E-state index in [1.807, 2.05) is 0 Å². The van der Waals surface area contributed by atoms with Gasteiger partial charge in [-0.2, -0.15) is 0 Å². The van der Waals surface area contributed by atoms with Crippen LogP contribution < -0.4 is 11.1 Å².